The van der Waals surface area contributed by atoms with Gasteiger partial charge in [-0.3, -0.25) is 9.78 Å². The fourth-order valence-corrected chi connectivity index (χ4v) is 3.70. The van der Waals surface area contributed by atoms with Crippen molar-refractivity contribution in [3.63, 3.8) is 0 Å². The smallest absolute Gasteiger partial charge is 0.255 e. The van der Waals surface area contributed by atoms with Crippen LogP contribution in [0.25, 0.3) is 17.3 Å². The molecule has 1 atom stereocenters. The average Bonchev–Trinajstić information content (AvgIpc) is 3.03. The Bertz CT molecular complexity index is 1010. The van der Waals surface area contributed by atoms with Gasteiger partial charge in [-0.1, -0.05) is 36.4 Å². The van der Waals surface area contributed by atoms with Crippen LogP contribution in [0.3, 0.4) is 0 Å². The molecule has 1 aliphatic rings. The average molecular weight is 346 g/mol. The molecule has 1 amide bonds. The van der Waals surface area contributed by atoms with Crippen molar-refractivity contribution in [2.45, 2.75) is 4.90 Å². The molecule has 2 aromatic carbocycles. The number of amides is 1. The Hall–Kier alpha value is -3.05. The van der Waals surface area contributed by atoms with E-state index in [1.165, 1.54) is 0 Å². The molecule has 122 valence electrons. The van der Waals surface area contributed by atoms with Crippen LogP contribution in [0.15, 0.2) is 77.2 Å². The zero-order chi connectivity index (χ0) is 17.2. The minimum atomic E-state index is -1.14. The lowest BCUT2D eigenvalue weighted by Gasteiger charge is -2.08. The lowest BCUT2D eigenvalue weighted by atomic mass is 10.1. The van der Waals surface area contributed by atoms with Gasteiger partial charge in [-0.2, -0.15) is 0 Å². The highest BCUT2D eigenvalue weighted by Gasteiger charge is 2.14. The van der Waals surface area contributed by atoms with Crippen molar-refractivity contribution < 1.29 is 9.00 Å². The number of benzene rings is 2. The van der Waals surface area contributed by atoms with E-state index in [-0.39, 0.29) is 5.91 Å². The number of anilines is 1. The first-order chi connectivity index (χ1) is 12.2. The van der Waals surface area contributed by atoms with Crippen molar-refractivity contribution in [1.29, 1.82) is 0 Å². The van der Waals surface area contributed by atoms with Gasteiger partial charge in [-0.25, -0.2) is 4.21 Å². The molecule has 4 rings (SSSR count). The molecule has 0 radical (unpaired) electrons. The molecule has 0 bridgehead atoms. The highest BCUT2D eigenvalue weighted by atomic mass is 32.2. The van der Waals surface area contributed by atoms with Crippen LogP contribution >= 0.6 is 0 Å². The summed E-state index contributed by atoms with van der Waals surface area (Å²) < 4.78 is 11.9. The maximum absolute atomic E-state index is 12.5. The Morgan fingerprint density at radius 2 is 1.84 bits per heavy atom. The van der Waals surface area contributed by atoms with Crippen LogP contribution < -0.4 is 5.32 Å². The third-order valence-electron chi connectivity index (χ3n) is 3.95. The first-order valence-corrected chi connectivity index (χ1v) is 8.98. The third-order valence-corrected chi connectivity index (χ3v) is 5.12. The molecule has 2 heterocycles. The summed E-state index contributed by atoms with van der Waals surface area (Å²) in [4.78, 5) is 17.6. The zero-order valence-electron chi connectivity index (χ0n) is 13.2. The van der Waals surface area contributed by atoms with Crippen LogP contribution in [0.2, 0.25) is 0 Å². The Labute approximate surface area is 147 Å². The summed E-state index contributed by atoms with van der Waals surface area (Å²) >= 11 is 0. The molecule has 5 heteroatoms. The van der Waals surface area contributed by atoms with Crippen molar-refractivity contribution in [2.24, 2.45) is 0 Å². The standard InChI is InChI=1S/C20H14N2O2S/c23-20(22-17-7-6-15-9-11-25(24)19(15)13-17)16-8-10-21-18(12-16)14-4-2-1-3-5-14/h1-13H,(H,22,23). The van der Waals surface area contributed by atoms with Gasteiger partial charge in [0.25, 0.3) is 5.91 Å². The molecule has 1 unspecified atom stereocenters. The molecule has 0 spiro atoms. The van der Waals surface area contributed by atoms with Gasteiger partial charge in [0.2, 0.25) is 0 Å². The lowest BCUT2D eigenvalue weighted by molar-refractivity contribution is 0.102. The van der Waals surface area contributed by atoms with Crippen LogP contribution in [-0.2, 0) is 10.8 Å². The predicted octanol–water partition coefficient (Wildman–Crippen LogP) is 4.09. The van der Waals surface area contributed by atoms with Crippen molar-refractivity contribution in [1.82, 2.24) is 4.98 Å². The van der Waals surface area contributed by atoms with Gasteiger partial charge in [0.05, 0.1) is 21.4 Å². The molecule has 0 aliphatic carbocycles. The second kappa shape index (κ2) is 6.45. The van der Waals surface area contributed by atoms with Gasteiger partial charge in [-0.15, -0.1) is 0 Å². The van der Waals surface area contributed by atoms with Gasteiger partial charge in [0.1, 0.15) is 0 Å². The number of nitrogens with zero attached hydrogens (tertiary/aromatic N) is 1. The molecule has 3 aromatic rings. The maximum Gasteiger partial charge on any atom is 0.255 e. The summed E-state index contributed by atoms with van der Waals surface area (Å²) in [5.74, 6) is -0.226. The molecular weight excluding hydrogens is 332 g/mol. The minimum Gasteiger partial charge on any atom is -0.322 e. The Morgan fingerprint density at radius 3 is 2.68 bits per heavy atom. The van der Waals surface area contributed by atoms with Gasteiger partial charge in [-0.05, 0) is 35.9 Å². The predicted molar refractivity (Wildman–Crippen MR) is 99.5 cm³/mol. The first-order valence-electron chi connectivity index (χ1n) is 7.76. The van der Waals surface area contributed by atoms with E-state index in [0.29, 0.717) is 11.3 Å². The lowest BCUT2D eigenvalue weighted by Crippen LogP contribution is -2.12. The van der Waals surface area contributed by atoms with Crippen LogP contribution in [0, 0.1) is 0 Å². The van der Waals surface area contributed by atoms with E-state index in [1.54, 1.807) is 29.8 Å². The molecule has 1 N–H and O–H groups in total. The fraction of sp³-hybridized carbons (Fsp3) is 0. The van der Waals surface area contributed by atoms with Crippen LogP contribution in [0.5, 0.6) is 0 Å². The van der Waals surface area contributed by atoms with Crippen LogP contribution in [-0.4, -0.2) is 15.1 Å². The van der Waals surface area contributed by atoms with Gasteiger partial charge < -0.3 is 5.32 Å². The monoisotopic (exact) mass is 346 g/mol. The largest absolute Gasteiger partial charge is 0.322 e. The molecule has 0 saturated heterocycles. The molecule has 0 saturated carbocycles. The zero-order valence-corrected chi connectivity index (χ0v) is 14.0. The first kappa shape index (κ1) is 15.5. The van der Waals surface area contributed by atoms with Gasteiger partial charge >= 0.3 is 0 Å². The van der Waals surface area contributed by atoms with Crippen molar-refractivity contribution in [3.05, 3.63) is 83.4 Å². The van der Waals surface area contributed by atoms with Crippen molar-refractivity contribution >= 4 is 28.5 Å². The van der Waals surface area contributed by atoms with E-state index in [4.69, 9.17) is 0 Å². The van der Waals surface area contributed by atoms with E-state index in [9.17, 15) is 9.00 Å². The van der Waals surface area contributed by atoms with Crippen LogP contribution in [0.4, 0.5) is 5.69 Å². The topological polar surface area (TPSA) is 59.1 Å². The quantitative estimate of drug-likeness (QED) is 0.777. The highest BCUT2D eigenvalue weighted by molar-refractivity contribution is 7.88. The van der Waals surface area contributed by atoms with E-state index in [0.717, 1.165) is 21.7 Å². The molecule has 0 fully saturated rings. The third kappa shape index (κ3) is 3.14. The van der Waals surface area contributed by atoms with E-state index >= 15 is 0 Å². The number of carbonyl (C=O) groups is 1. The second-order valence-corrected chi connectivity index (χ2v) is 6.91. The van der Waals surface area contributed by atoms with Crippen molar-refractivity contribution in [3.8, 4) is 11.3 Å². The number of rotatable bonds is 3. The van der Waals surface area contributed by atoms with Crippen LogP contribution in [0.1, 0.15) is 15.9 Å². The number of nitrogens with one attached hydrogen (secondary N) is 1. The Kier molecular flexibility index (Phi) is 3.99. The molecule has 25 heavy (non-hydrogen) atoms. The van der Waals surface area contributed by atoms with E-state index in [1.807, 2.05) is 48.5 Å². The highest BCUT2D eigenvalue weighted by Crippen LogP contribution is 2.27. The number of hydrogen-bond donors (Lipinski definition) is 1. The molecule has 1 aliphatic heterocycles. The summed E-state index contributed by atoms with van der Waals surface area (Å²) in [5, 5.41) is 4.50. The summed E-state index contributed by atoms with van der Waals surface area (Å²) in [6.07, 6.45) is 3.45. The minimum absolute atomic E-state index is 0.226. The summed E-state index contributed by atoms with van der Waals surface area (Å²) in [6, 6.07) is 18.6. The number of fused-ring (bicyclic) bond motifs is 1. The fourth-order valence-electron chi connectivity index (χ4n) is 2.67. The number of aromatic nitrogens is 1. The number of pyridine rings is 1. The van der Waals surface area contributed by atoms with E-state index < -0.39 is 10.8 Å². The summed E-state index contributed by atoms with van der Waals surface area (Å²) in [5.41, 5.74) is 3.77. The summed E-state index contributed by atoms with van der Waals surface area (Å²) in [7, 11) is -1.14. The molecule has 4 nitrogen and oxygen atoms in total. The number of carbonyl (C=O) groups excluding carboxylic acids is 1. The normalized spacial score (nSPS) is 15.0. The maximum atomic E-state index is 12.5. The van der Waals surface area contributed by atoms with Gasteiger partial charge in [0, 0.05) is 28.4 Å². The Balaban J connectivity index is 1.58. The van der Waals surface area contributed by atoms with E-state index in [2.05, 4.69) is 10.3 Å². The Morgan fingerprint density at radius 1 is 1.00 bits per heavy atom. The van der Waals surface area contributed by atoms with Crippen molar-refractivity contribution in [2.75, 3.05) is 5.32 Å². The molecular formula is C20H14N2O2S. The van der Waals surface area contributed by atoms with Gasteiger partial charge in [0.15, 0.2) is 0 Å². The SMILES string of the molecule is O=C(Nc1ccc2c(c1)S(=O)C=C2)c1ccnc(-c2ccccc2)c1. The summed E-state index contributed by atoms with van der Waals surface area (Å²) in [6.45, 7) is 0. The molecule has 1 aromatic heterocycles. The second-order valence-electron chi connectivity index (χ2n) is 5.60. The number of hydrogen-bond acceptors (Lipinski definition) is 3.